The lowest BCUT2D eigenvalue weighted by Gasteiger charge is -1.79. The topological polar surface area (TPSA) is 43.1 Å². The summed E-state index contributed by atoms with van der Waals surface area (Å²) in [7, 11) is 0. The summed E-state index contributed by atoms with van der Waals surface area (Å²) in [5.74, 6) is -0.317. The molecule has 0 rings (SSSR count). The number of carbonyl (C=O) groups is 1. The van der Waals surface area contributed by atoms with Gasteiger partial charge >= 0.3 is 0 Å². The van der Waals surface area contributed by atoms with E-state index in [4.69, 9.17) is 5.73 Å². The fourth-order valence-electron chi connectivity index (χ4n) is 0.280. The highest BCUT2D eigenvalue weighted by Crippen LogP contribution is 1.79. The lowest BCUT2D eigenvalue weighted by Crippen LogP contribution is -2.07. The van der Waals surface area contributed by atoms with Crippen molar-refractivity contribution in [1.82, 2.24) is 0 Å². The quantitative estimate of drug-likeness (QED) is 0.532. The van der Waals surface area contributed by atoms with E-state index < -0.39 is 0 Å². The van der Waals surface area contributed by atoms with Crippen molar-refractivity contribution in [3.63, 3.8) is 0 Å². The minimum absolute atomic E-state index is 0.298. The molecule has 0 aliphatic heterocycles. The summed E-state index contributed by atoms with van der Waals surface area (Å²) in [6.45, 7) is 3.42. The van der Waals surface area contributed by atoms with Crippen LogP contribution < -0.4 is 5.73 Å². The first-order valence-corrected chi connectivity index (χ1v) is 2.33. The van der Waals surface area contributed by atoms with Crippen molar-refractivity contribution in [3.8, 4) is 0 Å². The van der Waals surface area contributed by atoms with Gasteiger partial charge in [-0.3, -0.25) is 4.79 Å². The van der Waals surface area contributed by atoms with Crippen LogP contribution in [0.25, 0.3) is 0 Å². The largest absolute Gasteiger partial charge is 0.369 e. The van der Waals surface area contributed by atoms with Crippen LogP contribution in [0.2, 0.25) is 0 Å². The molecular weight excluding hydrogens is 102 g/mol. The van der Waals surface area contributed by atoms with Gasteiger partial charge in [-0.25, -0.2) is 0 Å². The Balaban J connectivity index is 3.29. The van der Waals surface area contributed by atoms with E-state index in [1.165, 1.54) is 0 Å². The van der Waals surface area contributed by atoms with Crippen molar-refractivity contribution < 1.29 is 4.79 Å². The standard InChI is InChI=1S/C6H9NO/c1-2-3-4-5-6(7)8/h2-4H,1,5H2,(H2,7,8)/b4-3+. The van der Waals surface area contributed by atoms with Gasteiger partial charge in [0.1, 0.15) is 0 Å². The van der Waals surface area contributed by atoms with Gasteiger partial charge in [-0.15, -0.1) is 0 Å². The molecule has 2 nitrogen and oxygen atoms in total. The maximum absolute atomic E-state index is 10.0. The number of hydrogen-bond donors (Lipinski definition) is 1. The molecule has 0 aliphatic carbocycles. The van der Waals surface area contributed by atoms with Gasteiger partial charge in [-0.1, -0.05) is 24.8 Å². The Bertz CT molecular complexity index is 116. The summed E-state index contributed by atoms with van der Waals surface area (Å²) < 4.78 is 0. The van der Waals surface area contributed by atoms with Crippen LogP contribution in [-0.4, -0.2) is 5.91 Å². The lowest BCUT2D eigenvalue weighted by atomic mass is 10.4. The fourth-order valence-corrected chi connectivity index (χ4v) is 0.280. The molecule has 0 aromatic rings. The Morgan fingerprint density at radius 1 is 1.75 bits per heavy atom. The van der Waals surface area contributed by atoms with E-state index in [-0.39, 0.29) is 5.91 Å². The Morgan fingerprint density at radius 3 is 2.75 bits per heavy atom. The predicted octanol–water partition coefficient (Wildman–Crippen LogP) is 0.604. The number of primary amides is 1. The van der Waals surface area contributed by atoms with Crippen LogP contribution in [0.4, 0.5) is 0 Å². The first-order valence-electron chi connectivity index (χ1n) is 2.33. The van der Waals surface area contributed by atoms with Gasteiger partial charge in [0.2, 0.25) is 5.91 Å². The zero-order valence-corrected chi connectivity index (χ0v) is 4.63. The van der Waals surface area contributed by atoms with E-state index in [1.807, 2.05) is 0 Å². The average molecular weight is 111 g/mol. The van der Waals surface area contributed by atoms with Crippen LogP contribution >= 0.6 is 0 Å². The van der Waals surface area contributed by atoms with Crippen molar-refractivity contribution in [3.05, 3.63) is 24.8 Å². The number of rotatable bonds is 3. The number of hydrogen-bond acceptors (Lipinski definition) is 1. The fraction of sp³-hybridized carbons (Fsp3) is 0.167. The van der Waals surface area contributed by atoms with Crippen molar-refractivity contribution >= 4 is 5.91 Å². The molecule has 0 aromatic carbocycles. The second-order valence-corrected chi connectivity index (χ2v) is 1.33. The van der Waals surface area contributed by atoms with Crippen molar-refractivity contribution in [2.75, 3.05) is 0 Å². The van der Waals surface area contributed by atoms with Crippen LogP contribution in [-0.2, 0) is 4.79 Å². The monoisotopic (exact) mass is 111 g/mol. The van der Waals surface area contributed by atoms with E-state index in [2.05, 4.69) is 6.58 Å². The normalized spacial score (nSPS) is 9.50. The zero-order chi connectivity index (χ0) is 6.41. The van der Waals surface area contributed by atoms with Crippen LogP contribution in [0.5, 0.6) is 0 Å². The smallest absolute Gasteiger partial charge is 0.221 e. The SMILES string of the molecule is C=C/C=C/CC(N)=O. The molecule has 0 radical (unpaired) electrons. The predicted molar refractivity (Wildman–Crippen MR) is 33.1 cm³/mol. The molecule has 44 valence electrons. The molecule has 8 heavy (non-hydrogen) atoms. The third-order valence-electron chi connectivity index (χ3n) is 0.591. The molecule has 0 bridgehead atoms. The molecule has 0 fully saturated rings. The number of allylic oxidation sites excluding steroid dienone is 2. The van der Waals surface area contributed by atoms with E-state index in [0.717, 1.165) is 0 Å². The summed E-state index contributed by atoms with van der Waals surface area (Å²) in [5, 5.41) is 0. The molecule has 0 saturated heterocycles. The van der Waals surface area contributed by atoms with Crippen LogP contribution in [0.15, 0.2) is 24.8 Å². The lowest BCUT2D eigenvalue weighted by molar-refractivity contribution is -0.117. The molecule has 1 amide bonds. The Labute approximate surface area is 48.7 Å². The maximum atomic E-state index is 10.0. The van der Waals surface area contributed by atoms with Gasteiger partial charge in [0.25, 0.3) is 0 Å². The van der Waals surface area contributed by atoms with E-state index >= 15 is 0 Å². The zero-order valence-electron chi connectivity index (χ0n) is 4.63. The van der Waals surface area contributed by atoms with E-state index in [0.29, 0.717) is 6.42 Å². The van der Waals surface area contributed by atoms with Gasteiger partial charge in [-0.05, 0) is 0 Å². The Morgan fingerprint density at radius 2 is 2.38 bits per heavy atom. The second-order valence-electron chi connectivity index (χ2n) is 1.33. The molecule has 0 atom stereocenters. The number of carbonyl (C=O) groups excluding carboxylic acids is 1. The van der Waals surface area contributed by atoms with Crippen molar-refractivity contribution in [2.45, 2.75) is 6.42 Å². The highest BCUT2D eigenvalue weighted by molar-refractivity contribution is 5.75. The minimum Gasteiger partial charge on any atom is -0.369 e. The van der Waals surface area contributed by atoms with Gasteiger partial charge in [0.15, 0.2) is 0 Å². The van der Waals surface area contributed by atoms with Gasteiger partial charge in [0.05, 0.1) is 0 Å². The average Bonchev–Trinajstić information content (AvgIpc) is 1.66. The van der Waals surface area contributed by atoms with Crippen LogP contribution in [0.1, 0.15) is 6.42 Å². The second kappa shape index (κ2) is 4.12. The van der Waals surface area contributed by atoms with Crippen LogP contribution in [0.3, 0.4) is 0 Å². The molecule has 0 heterocycles. The first-order chi connectivity index (χ1) is 3.77. The summed E-state index contributed by atoms with van der Waals surface area (Å²) >= 11 is 0. The highest BCUT2D eigenvalue weighted by Gasteiger charge is 1.82. The molecular formula is C6H9NO. The maximum Gasteiger partial charge on any atom is 0.221 e. The highest BCUT2D eigenvalue weighted by atomic mass is 16.1. The summed E-state index contributed by atoms with van der Waals surface area (Å²) in [5.41, 5.74) is 4.81. The molecule has 0 spiro atoms. The van der Waals surface area contributed by atoms with E-state index in [9.17, 15) is 4.79 Å². The molecule has 2 N–H and O–H groups in total. The van der Waals surface area contributed by atoms with Crippen LogP contribution in [0, 0.1) is 0 Å². The molecule has 0 saturated carbocycles. The summed E-state index contributed by atoms with van der Waals surface area (Å²) in [6, 6.07) is 0. The van der Waals surface area contributed by atoms with Crippen molar-refractivity contribution in [2.24, 2.45) is 5.73 Å². The Hall–Kier alpha value is -1.05. The molecule has 0 aliphatic rings. The minimum atomic E-state index is -0.317. The van der Waals surface area contributed by atoms with E-state index in [1.54, 1.807) is 18.2 Å². The molecule has 2 heteroatoms. The third kappa shape index (κ3) is 4.95. The Kier molecular flexibility index (Phi) is 3.58. The number of amides is 1. The molecule has 0 unspecified atom stereocenters. The third-order valence-corrected chi connectivity index (χ3v) is 0.591. The molecule has 0 aromatic heterocycles. The number of nitrogens with two attached hydrogens (primary N) is 1. The van der Waals surface area contributed by atoms with Gasteiger partial charge < -0.3 is 5.73 Å². The van der Waals surface area contributed by atoms with Crippen molar-refractivity contribution in [1.29, 1.82) is 0 Å². The summed E-state index contributed by atoms with van der Waals surface area (Å²) in [4.78, 5) is 10.0. The van der Waals surface area contributed by atoms with Gasteiger partial charge in [0, 0.05) is 6.42 Å². The van der Waals surface area contributed by atoms with Gasteiger partial charge in [-0.2, -0.15) is 0 Å². The first kappa shape index (κ1) is 6.95. The summed E-state index contributed by atoms with van der Waals surface area (Å²) in [6.07, 6.45) is 5.25.